The minimum atomic E-state index is 0.545. The molecule has 0 bridgehead atoms. The van der Waals surface area contributed by atoms with Crippen molar-refractivity contribution in [1.29, 1.82) is 0 Å². The first-order chi connectivity index (χ1) is 12.9. The van der Waals surface area contributed by atoms with Crippen molar-refractivity contribution in [2.75, 3.05) is 7.11 Å². The molecule has 4 saturated carbocycles. The maximum absolute atomic E-state index is 5.78. The maximum Gasteiger partial charge on any atom is 0.0574 e. The molecule has 0 spiro atoms. The van der Waals surface area contributed by atoms with E-state index in [4.69, 9.17) is 4.74 Å². The minimum Gasteiger partial charge on any atom is -0.381 e. The molecule has 4 fully saturated rings. The van der Waals surface area contributed by atoms with Crippen molar-refractivity contribution >= 4 is 0 Å². The third-order valence-corrected chi connectivity index (χ3v) is 10.7. The molecule has 0 N–H and O–H groups in total. The van der Waals surface area contributed by atoms with E-state index in [1.807, 2.05) is 7.11 Å². The molecule has 0 aromatic rings. The van der Waals surface area contributed by atoms with Gasteiger partial charge in [-0.05, 0) is 104 Å². The van der Waals surface area contributed by atoms with Gasteiger partial charge >= 0.3 is 0 Å². The molecule has 156 valence electrons. The lowest BCUT2D eigenvalue weighted by Crippen LogP contribution is -2.54. The fourth-order valence-electron chi connectivity index (χ4n) is 9.14. The Kier molecular flexibility index (Phi) is 5.74. The summed E-state index contributed by atoms with van der Waals surface area (Å²) < 4.78 is 5.78. The molecule has 0 heterocycles. The number of fused-ring (bicyclic) bond motifs is 5. The zero-order valence-corrected chi connectivity index (χ0v) is 18.9. The van der Waals surface area contributed by atoms with E-state index in [-0.39, 0.29) is 0 Å². The van der Waals surface area contributed by atoms with Gasteiger partial charge in [0.15, 0.2) is 0 Å². The first-order valence-corrected chi connectivity index (χ1v) is 12.5. The zero-order valence-electron chi connectivity index (χ0n) is 18.9. The molecule has 4 rings (SSSR count). The maximum atomic E-state index is 5.78. The van der Waals surface area contributed by atoms with Crippen LogP contribution in [0.25, 0.3) is 0 Å². The monoisotopic (exact) mass is 374 g/mol. The lowest BCUT2D eigenvalue weighted by molar-refractivity contribution is -0.133. The van der Waals surface area contributed by atoms with Crippen molar-refractivity contribution in [3.8, 4) is 0 Å². The Morgan fingerprint density at radius 2 is 1.67 bits per heavy atom. The Morgan fingerprint density at radius 1 is 0.926 bits per heavy atom. The lowest BCUT2D eigenvalue weighted by Gasteiger charge is -2.61. The van der Waals surface area contributed by atoms with Crippen molar-refractivity contribution in [2.45, 2.75) is 111 Å². The summed E-state index contributed by atoms with van der Waals surface area (Å²) in [6.45, 7) is 10.4. The van der Waals surface area contributed by atoms with Crippen LogP contribution in [0.4, 0.5) is 0 Å². The highest BCUT2D eigenvalue weighted by atomic mass is 16.5. The summed E-state index contributed by atoms with van der Waals surface area (Å²) in [6, 6.07) is 0. The lowest BCUT2D eigenvalue weighted by atomic mass is 9.44. The van der Waals surface area contributed by atoms with Crippen LogP contribution < -0.4 is 0 Å². The van der Waals surface area contributed by atoms with Crippen LogP contribution in [0.2, 0.25) is 0 Å². The van der Waals surface area contributed by atoms with Crippen LogP contribution in [-0.4, -0.2) is 13.2 Å². The van der Waals surface area contributed by atoms with Crippen LogP contribution in [-0.2, 0) is 4.74 Å². The molecule has 0 radical (unpaired) electrons. The second kappa shape index (κ2) is 7.66. The fraction of sp³-hybridized carbons (Fsp3) is 1.00. The van der Waals surface area contributed by atoms with Gasteiger partial charge in [0.25, 0.3) is 0 Å². The number of hydrogen-bond donors (Lipinski definition) is 0. The highest BCUT2D eigenvalue weighted by Gasteiger charge is 2.60. The molecule has 1 nitrogen and oxygen atoms in total. The Bertz CT molecular complexity index is 514. The molecule has 0 amide bonds. The number of hydrogen-bond acceptors (Lipinski definition) is 1. The van der Waals surface area contributed by atoms with E-state index < -0.39 is 0 Å². The van der Waals surface area contributed by atoms with Gasteiger partial charge in [-0.15, -0.1) is 0 Å². The van der Waals surface area contributed by atoms with Gasteiger partial charge in [0, 0.05) is 7.11 Å². The smallest absolute Gasteiger partial charge is 0.0574 e. The highest BCUT2D eigenvalue weighted by Crippen LogP contribution is 2.68. The zero-order chi connectivity index (χ0) is 19.2. The molecule has 1 heteroatoms. The van der Waals surface area contributed by atoms with E-state index >= 15 is 0 Å². The van der Waals surface area contributed by atoms with Gasteiger partial charge in [-0.25, -0.2) is 0 Å². The quantitative estimate of drug-likeness (QED) is 0.484. The van der Waals surface area contributed by atoms with E-state index in [1.165, 1.54) is 70.6 Å². The Hall–Kier alpha value is -0.0400. The normalized spacial score (nSPS) is 50.6. The SMILES string of the molecule is CCCCC(C)C1CCC2C3CCC4CC(OC)CCC4(C)C3CCC12C. The number of unbranched alkanes of at least 4 members (excludes halogenated alkanes) is 1. The summed E-state index contributed by atoms with van der Waals surface area (Å²) in [5.74, 6) is 5.96. The van der Waals surface area contributed by atoms with E-state index in [9.17, 15) is 0 Å². The van der Waals surface area contributed by atoms with E-state index in [0.29, 0.717) is 16.9 Å². The second-order valence-corrected chi connectivity index (χ2v) is 11.6. The molecule has 0 aromatic heterocycles. The Morgan fingerprint density at radius 3 is 2.41 bits per heavy atom. The topological polar surface area (TPSA) is 9.23 Å². The molecule has 9 atom stereocenters. The first kappa shape index (κ1) is 20.2. The molecule has 9 unspecified atom stereocenters. The van der Waals surface area contributed by atoms with Crippen molar-refractivity contribution < 1.29 is 4.74 Å². The van der Waals surface area contributed by atoms with Crippen LogP contribution in [0.15, 0.2) is 0 Å². The van der Waals surface area contributed by atoms with Gasteiger partial charge in [0.2, 0.25) is 0 Å². The van der Waals surface area contributed by atoms with Gasteiger partial charge in [-0.1, -0.05) is 47.0 Å². The highest BCUT2D eigenvalue weighted by molar-refractivity contribution is 5.09. The largest absolute Gasteiger partial charge is 0.381 e. The molecule has 0 saturated heterocycles. The van der Waals surface area contributed by atoms with E-state index in [2.05, 4.69) is 27.7 Å². The summed E-state index contributed by atoms with van der Waals surface area (Å²) in [6.07, 6.45) is 18.0. The van der Waals surface area contributed by atoms with Crippen LogP contribution >= 0.6 is 0 Å². The van der Waals surface area contributed by atoms with Crippen LogP contribution in [0.5, 0.6) is 0 Å². The predicted molar refractivity (Wildman–Crippen MR) is 115 cm³/mol. The average molecular weight is 375 g/mol. The number of ether oxygens (including phenoxy) is 1. The number of rotatable bonds is 5. The first-order valence-electron chi connectivity index (χ1n) is 12.5. The molecule has 0 aromatic carbocycles. The van der Waals surface area contributed by atoms with E-state index in [0.717, 1.165) is 35.5 Å². The van der Waals surface area contributed by atoms with Crippen LogP contribution in [0, 0.1) is 46.3 Å². The average Bonchev–Trinajstić information content (AvgIpc) is 3.02. The van der Waals surface area contributed by atoms with Gasteiger partial charge in [0.1, 0.15) is 0 Å². The molecule has 4 aliphatic carbocycles. The fourth-order valence-corrected chi connectivity index (χ4v) is 9.14. The summed E-state index contributed by atoms with van der Waals surface area (Å²) in [4.78, 5) is 0. The van der Waals surface area contributed by atoms with Crippen molar-refractivity contribution in [3.63, 3.8) is 0 Å². The van der Waals surface area contributed by atoms with Gasteiger partial charge in [-0.3, -0.25) is 0 Å². The molecule has 27 heavy (non-hydrogen) atoms. The standard InChI is InChI=1S/C26H46O/c1-6-7-8-18(2)22-11-12-23-21-10-9-19-17-20(27-5)13-15-25(19,3)24(21)14-16-26(22,23)4/h18-24H,6-17H2,1-5H3. The third kappa shape index (κ3) is 3.23. The number of methoxy groups -OCH3 is 1. The van der Waals surface area contributed by atoms with E-state index in [1.54, 1.807) is 6.42 Å². The van der Waals surface area contributed by atoms with Crippen LogP contribution in [0.1, 0.15) is 105 Å². The van der Waals surface area contributed by atoms with Crippen molar-refractivity contribution in [2.24, 2.45) is 46.3 Å². The second-order valence-electron chi connectivity index (χ2n) is 11.6. The molecular formula is C26H46O. The Balaban J connectivity index is 1.51. The van der Waals surface area contributed by atoms with Crippen molar-refractivity contribution in [1.82, 2.24) is 0 Å². The third-order valence-electron chi connectivity index (χ3n) is 10.7. The summed E-state index contributed by atoms with van der Waals surface area (Å²) in [7, 11) is 1.93. The van der Waals surface area contributed by atoms with Gasteiger partial charge < -0.3 is 4.74 Å². The predicted octanol–water partition coefficient (Wildman–Crippen LogP) is 7.49. The van der Waals surface area contributed by atoms with Gasteiger partial charge in [0.05, 0.1) is 6.10 Å². The van der Waals surface area contributed by atoms with Gasteiger partial charge in [-0.2, -0.15) is 0 Å². The minimum absolute atomic E-state index is 0.545. The summed E-state index contributed by atoms with van der Waals surface area (Å²) >= 11 is 0. The molecule has 0 aliphatic heterocycles. The van der Waals surface area contributed by atoms with Crippen LogP contribution in [0.3, 0.4) is 0 Å². The molecule has 4 aliphatic rings. The van der Waals surface area contributed by atoms with Crippen molar-refractivity contribution in [3.05, 3.63) is 0 Å². The molecular weight excluding hydrogens is 328 g/mol. The summed E-state index contributed by atoms with van der Waals surface area (Å²) in [5, 5.41) is 0. The summed E-state index contributed by atoms with van der Waals surface area (Å²) in [5.41, 5.74) is 1.27. The Labute approximate surface area is 169 Å².